The molecule has 2 aromatic rings. The lowest BCUT2D eigenvalue weighted by Crippen LogP contribution is -1.95. The first-order valence-electron chi connectivity index (χ1n) is 5.94. The molecule has 0 aromatic heterocycles. The van der Waals surface area contributed by atoms with Gasteiger partial charge < -0.3 is 14.6 Å². The van der Waals surface area contributed by atoms with Crippen molar-refractivity contribution in [3.63, 3.8) is 0 Å². The van der Waals surface area contributed by atoms with Crippen LogP contribution in [-0.2, 0) is 6.61 Å². The molecule has 0 atom stereocenters. The number of nitro benzene ring substituents is 1. The van der Waals surface area contributed by atoms with Gasteiger partial charge in [-0.25, -0.2) is 0 Å². The SMILES string of the molecule is COc1ccc([N+](=O)[O-])c(Oc2ccc(CO)cc2Br)c1. The molecule has 0 radical (unpaired) electrons. The Morgan fingerprint density at radius 1 is 1.24 bits per heavy atom. The molecule has 2 aromatic carbocycles. The summed E-state index contributed by atoms with van der Waals surface area (Å²) in [6.45, 7) is -0.0990. The number of halogens is 1. The van der Waals surface area contributed by atoms with E-state index >= 15 is 0 Å². The van der Waals surface area contributed by atoms with Gasteiger partial charge in [-0.1, -0.05) is 6.07 Å². The Morgan fingerprint density at radius 3 is 2.57 bits per heavy atom. The van der Waals surface area contributed by atoms with Gasteiger partial charge in [0.15, 0.2) is 0 Å². The summed E-state index contributed by atoms with van der Waals surface area (Å²) in [6.07, 6.45) is 0. The van der Waals surface area contributed by atoms with Crippen molar-refractivity contribution in [3.8, 4) is 17.2 Å². The van der Waals surface area contributed by atoms with E-state index in [0.717, 1.165) is 0 Å². The number of aliphatic hydroxyl groups is 1. The van der Waals surface area contributed by atoms with Crippen LogP contribution in [0.1, 0.15) is 5.56 Å². The van der Waals surface area contributed by atoms with E-state index < -0.39 is 4.92 Å². The van der Waals surface area contributed by atoms with E-state index in [-0.39, 0.29) is 18.0 Å². The molecule has 21 heavy (non-hydrogen) atoms. The summed E-state index contributed by atoms with van der Waals surface area (Å²) >= 11 is 3.31. The molecule has 2 rings (SSSR count). The van der Waals surface area contributed by atoms with E-state index in [2.05, 4.69) is 15.9 Å². The molecule has 110 valence electrons. The van der Waals surface area contributed by atoms with Crippen molar-refractivity contribution < 1.29 is 19.5 Å². The summed E-state index contributed by atoms with van der Waals surface area (Å²) in [6, 6.07) is 9.25. The zero-order valence-corrected chi connectivity index (χ0v) is 12.7. The summed E-state index contributed by atoms with van der Waals surface area (Å²) in [5.41, 5.74) is 0.545. The number of ether oxygens (including phenoxy) is 2. The minimum atomic E-state index is -0.523. The highest BCUT2D eigenvalue weighted by Crippen LogP contribution is 2.37. The third kappa shape index (κ3) is 3.50. The van der Waals surface area contributed by atoms with Crippen LogP contribution in [-0.4, -0.2) is 17.1 Å². The van der Waals surface area contributed by atoms with Gasteiger partial charge in [-0.15, -0.1) is 0 Å². The van der Waals surface area contributed by atoms with Crippen LogP contribution < -0.4 is 9.47 Å². The molecule has 0 heterocycles. The predicted octanol–water partition coefficient (Wildman–Crippen LogP) is 3.65. The van der Waals surface area contributed by atoms with Gasteiger partial charge in [0.2, 0.25) is 5.75 Å². The zero-order valence-electron chi connectivity index (χ0n) is 11.1. The molecule has 0 saturated heterocycles. The van der Waals surface area contributed by atoms with Crippen LogP contribution in [0.2, 0.25) is 0 Å². The van der Waals surface area contributed by atoms with Crippen LogP contribution in [0.3, 0.4) is 0 Å². The van der Waals surface area contributed by atoms with E-state index in [1.165, 1.54) is 25.3 Å². The molecule has 0 aliphatic rings. The highest BCUT2D eigenvalue weighted by molar-refractivity contribution is 9.10. The maximum Gasteiger partial charge on any atom is 0.311 e. The summed E-state index contributed by atoms with van der Waals surface area (Å²) in [5, 5.41) is 20.1. The van der Waals surface area contributed by atoms with Crippen molar-refractivity contribution in [2.75, 3.05) is 7.11 Å². The first-order chi connectivity index (χ1) is 10.0. The molecule has 0 amide bonds. The van der Waals surface area contributed by atoms with Crippen LogP contribution in [0.25, 0.3) is 0 Å². The van der Waals surface area contributed by atoms with Gasteiger partial charge in [0.05, 0.1) is 23.1 Å². The van der Waals surface area contributed by atoms with Crippen LogP contribution in [0.5, 0.6) is 17.2 Å². The molecule has 0 aliphatic carbocycles. The standard InChI is InChI=1S/C14H12BrNO5/c1-20-10-3-4-12(16(18)19)14(7-10)21-13-5-2-9(8-17)6-11(13)15/h2-7,17H,8H2,1H3. The van der Waals surface area contributed by atoms with E-state index in [9.17, 15) is 10.1 Å². The molecule has 7 heteroatoms. The molecule has 0 bridgehead atoms. The van der Waals surface area contributed by atoms with Crippen molar-refractivity contribution in [2.24, 2.45) is 0 Å². The van der Waals surface area contributed by atoms with Gasteiger partial charge in [0.25, 0.3) is 0 Å². The number of aliphatic hydroxyl groups excluding tert-OH is 1. The van der Waals surface area contributed by atoms with Gasteiger partial charge in [-0.05, 0) is 39.7 Å². The van der Waals surface area contributed by atoms with Crippen molar-refractivity contribution in [1.29, 1.82) is 0 Å². The molecule has 0 unspecified atom stereocenters. The van der Waals surface area contributed by atoms with Gasteiger partial charge in [-0.3, -0.25) is 10.1 Å². The lowest BCUT2D eigenvalue weighted by molar-refractivity contribution is -0.385. The molecule has 6 nitrogen and oxygen atoms in total. The average Bonchev–Trinajstić information content (AvgIpc) is 2.48. The predicted molar refractivity (Wildman–Crippen MR) is 79.8 cm³/mol. The van der Waals surface area contributed by atoms with Crippen LogP contribution in [0.15, 0.2) is 40.9 Å². The average molecular weight is 354 g/mol. The first kappa shape index (κ1) is 15.3. The fourth-order valence-electron chi connectivity index (χ4n) is 1.70. The Labute approximate surface area is 129 Å². The zero-order chi connectivity index (χ0) is 15.4. The van der Waals surface area contributed by atoms with E-state index in [1.54, 1.807) is 18.2 Å². The molecule has 1 N–H and O–H groups in total. The normalized spacial score (nSPS) is 10.2. The molecule has 0 aliphatic heterocycles. The van der Waals surface area contributed by atoms with Crippen LogP contribution in [0.4, 0.5) is 5.69 Å². The Kier molecular flexibility index (Phi) is 4.77. The second-order valence-electron chi connectivity index (χ2n) is 4.12. The Balaban J connectivity index is 2.40. The number of hydrogen-bond donors (Lipinski definition) is 1. The lowest BCUT2D eigenvalue weighted by Gasteiger charge is -2.10. The Morgan fingerprint density at radius 2 is 2.00 bits per heavy atom. The van der Waals surface area contributed by atoms with Gasteiger partial charge in [0, 0.05) is 12.1 Å². The summed E-state index contributed by atoms with van der Waals surface area (Å²) < 4.78 is 11.2. The largest absolute Gasteiger partial charge is 0.497 e. The van der Waals surface area contributed by atoms with E-state index in [4.69, 9.17) is 14.6 Å². The van der Waals surface area contributed by atoms with Crippen molar-refractivity contribution in [2.45, 2.75) is 6.61 Å². The molecular formula is C14H12BrNO5. The third-order valence-electron chi connectivity index (χ3n) is 2.76. The number of nitrogens with zero attached hydrogens (tertiary/aromatic N) is 1. The second kappa shape index (κ2) is 6.55. The van der Waals surface area contributed by atoms with E-state index in [1.807, 2.05) is 0 Å². The number of benzene rings is 2. The minimum absolute atomic E-state index is 0.0804. The van der Waals surface area contributed by atoms with Gasteiger partial charge in [-0.2, -0.15) is 0 Å². The van der Waals surface area contributed by atoms with Gasteiger partial charge in [0.1, 0.15) is 11.5 Å². The topological polar surface area (TPSA) is 81.8 Å². The van der Waals surface area contributed by atoms with Crippen molar-refractivity contribution >= 4 is 21.6 Å². The fraction of sp³-hybridized carbons (Fsp3) is 0.143. The summed E-state index contributed by atoms with van der Waals surface area (Å²) in [7, 11) is 1.47. The molecule has 0 fully saturated rings. The lowest BCUT2D eigenvalue weighted by atomic mass is 10.2. The van der Waals surface area contributed by atoms with E-state index in [0.29, 0.717) is 21.5 Å². The number of methoxy groups -OCH3 is 1. The smallest absolute Gasteiger partial charge is 0.311 e. The Bertz CT molecular complexity index is 674. The maximum atomic E-state index is 11.0. The third-order valence-corrected chi connectivity index (χ3v) is 3.38. The summed E-state index contributed by atoms with van der Waals surface area (Å²) in [5.74, 6) is 0.944. The quantitative estimate of drug-likeness (QED) is 0.655. The highest BCUT2D eigenvalue weighted by atomic mass is 79.9. The number of nitro groups is 1. The van der Waals surface area contributed by atoms with Crippen molar-refractivity contribution in [1.82, 2.24) is 0 Å². The second-order valence-corrected chi connectivity index (χ2v) is 4.97. The summed E-state index contributed by atoms with van der Waals surface area (Å²) in [4.78, 5) is 10.5. The first-order valence-corrected chi connectivity index (χ1v) is 6.74. The van der Waals surface area contributed by atoms with Crippen LogP contribution >= 0.6 is 15.9 Å². The molecule has 0 spiro atoms. The number of hydrogen-bond acceptors (Lipinski definition) is 5. The number of rotatable bonds is 5. The highest BCUT2D eigenvalue weighted by Gasteiger charge is 2.18. The molecular weight excluding hydrogens is 342 g/mol. The fourth-order valence-corrected chi connectivity index (χ4v) is 2.21. The van der Waals surface area contributed by atoms with Crippen molar-refractivity contribution in [3.05, 3.63) is 56.5 Å². The molecule has 0 saturated carbocycles. The van der Waals surface area contributed by atoms with Gasteiger partial charge >= 0.3 is 5.69 Å². The Hall–Kier alpha value is -2.12. The van der Waals surface area contributed by atoms with Crippen LogP contribution in [0, 0.1) is 10.1 Å². The monoisotopic (exact) mass is 353 g/mol. The maximum absolute atomic E-state index is 11.0. The minimum Gasteiger partial charge on any atom is -0.497 e.